The SMILES string of the molecule is CCN(CC)C(=S)Oc1cc(-n2ncc(=O)n(C)c2=O)c(F)cc1Cl. The predicted octanol–water partition coefficient (Wildman–Crippen LogP) is 1.73. The van der Waals surface area contributed by atoms with Crippen molar-refractivity contribution in [2.75, 3.05) is 13.1 Å². The molecule has 25 heavy (non-hydrogen) atoms. The molecule has 0 unspecified atom stereocenters. The third-order valence-corrected chi connectivity index (χ3v) is 4.17. The molecule has 0 fully saturated rings. The summed E-state index contributed by atoms with van der Waals surface area (Å²) >= 11 is 11.2. The second-order valence-electron chi connectivity index (χ2n) is 5.01. The summed E-state index contributed by atoms with van der Waals surface area (Å²) in [6.07, 6.45) is 0.913. The van der Waals surface area contributed by atoms with Gasteiger partial charge in [0.25, 0.3) is 10.7 Å². The number of benzene rings is 1. The average molecular weight is 387 g/mol. The van der Waals surface area contributed by atoms with E-state index in [2.05, 4.69) is 5.10 Å². The second-order valence-corrected chi connectivity index (χ2v) is 5.77. The minimum absolute atomic E-state index is 0.00590. The lowest BCUT2D eigenvalue weighted by Gasteiger charge is -2.21. The Bertz CT molecular complexity index is 924. The van der Waals surface area contributed by atoms with Crippen LogP contribution in [0.3, 0.4) is 0 Å². The number of ether oxygens (including phenoxy) is 1. The van der Waals surface area contributed by atoms with E-state index in [4.69, 9.17) is 28.6 Å². The van der Waals surface area contributed by atoms with Crippen molar-refractivity contribution in [2.45, 2.75) is 13.8 Å². The summed E-state index contributed by atoms with van der Waals surface area (Å²) in [5, 5.41) is 3.84. The highest BCUT2D eigenvalue weighted by atomic mass is 35.5. The zero-order valence-electron chi connectivity index (χ0n) is 13.8. The van der Waals surface area contributed by atoms with Gasteiger partial charge < -0.3 is 9.64 Å². The topological polar surface area (TPSA) is 69.4 Å². The van der Waals surface area contributed by atoms with Gasteiger partial charge in [0, 0.05) is 26.2 Å². The van der Waals surface area contributed by atoms with E-state index in [0.717, 1.165) is 21.5 Å². The normalized spacial score (nSPS) is 10.6. The Morgan fingerprint density at radius 3 is 2.60 bits per heavy atom. The third kappa shape index (κ3) is 3.88. The van der Waals surface area contributed by atoms with Crippen LogP contribution in [0.5, 0.6) is 5.75 Å². The maximum atomic E-state index is 14.3. The molecule has 1 aromatic carbocycles. The zero-order chi connectivity index (χ0) is 18.7. The minimum Gasteiger partial charge on any atom is -0.430 e. The van der Waals surface area contributed by atoms with Gasteiger partial charge in [-0.1, -0.05) is 11.6 Å². The first-order valence-corrected chi connectivity index (χ1v) is 8.20. The van der Waals surface area contributed by atoms with Crippen LogP contribution in [0.2, 0.25) is 5.02 Å². The van der Waals surface area contributed by atoms with E-state index in [1.165, 1.54) is 13.1 Å². The molecule has 1 aromatic heterocycles. The lowest BCUT2D eigenvalue weighted by Crippen LogP contribution is -2.38. The van der Waals surface area contributed by atoms with Crippen LogP contribution in [0.4, 0.5) is 4.39 Å². The van der Waals surface area contributed by atoms with E-state index >= 15 is 0 Å². The Morgan fingerprint density at radius 2 is 2.00 bits per heavy atom. The van der Waals surface area contributed by atoms with Crippen molar-refractivity contribution in [1.82, 2.24) is 19.2 Å². The summed E-state index contributed by atoms with van der Waals surface area (Å²) in [4.78, 5) is 25.4. The molecular weight excluding hydrogens is 371 g/mol. The molecule has 0 aliphatic carbocycles. The molecule has 0 N–H and O–H groups in total. The maximum absolute atomic E-state index is 14.3. The maximum Gasteiger partial charge on any atom is 0.352 e. The molecule has 0 bridgehead atoms. The van der Waals surface area contributed by atoms with Gasteiger partial charge in [-0.3, -0.25) is 9.36 Å². The molecule has 0 saturated heterocycles. The molecule has 0 aliphatic heterocycles. The molecule has 0 spiro atoms. The Morgan fingerprint density at radius 1 is 1.36 bits per heavy atom. The largest absolute Gasteiger partial charge is 0.430 e. The number of thiocarbonyl (C=S) groups is 1. The molecule has 2 aromatic rings. The van der Waals surface area contributed by atoms with Gasteiger partial charge in [-0.25, -0.2) is 9.18 Å². The van der Waals surface area contributed by atoms with Crippen LogP contribution < -0.4 is 16.0 Å². The smallest absolute Gasteiger partial charge is 0.352 e. The molecular formula is C15H16ClFN4O3S. The second kappa shape index (κ2) is 7.75. The summed E-state index contributed by atoms with van der Waals surface area (Å²) in [6.45, 7) is 5.07. The van der Waals surface area contributed by atoms with Crippen molar-refractivity contribution < 1.29 is 9.13 Å². The molecule has 134 valence electrons. The lowest BCUT2D eigenvalue weighted by molar-refractivity contribution is 0.378. The van der Waals surface area contributed by atoms with Crippen molar-refractivity contribution in [3.05, 3.63) is 50.0 Å². The van der Waals surface area contributed by atoms with Crippen molar-refractivity contribution in [3.63, 3.8) is 0 Å². The molecule has 1 heterocycles. The predicted molar refractivity (Wildman–Crippen MR) is 96.2 cm³/mol. The Balaban J connectivity index is 2.52. The van der Waals surface area contributed by atoms with Crippen molar-refractivity contribution >= 4 is 29.0 Å². The highest BCUT2D eigenvalue weighted by molar-refractivity contribution is 7.80. The lowest BCUT2D eigenvalue weighted by atomic mass is 10.3. The van der Waals surface area contributed by atoms with Crippen LogP contribution in [0, 0.1) is 5.82 Å². The minimum atomic E-state index is -0.800. The van der Waals surface area contributed by atoms with Crippen LogP contribution in [0.15, 0.2) is 27.9 Å². The van der Waals surface area contributed by atoms with E-state index in [1.54, 1.807) is 4.90 Å². The van der Waals surface area contributed by atoms with E-state index in [0.29, 0.717) is 13.1 Å². The van der Waals surface area contributed by atoms with Gasteiger partial charge in [0.15, 0.2) is 11.6 Å². The summed E-state index contributed by atoms with van der Waals surface area (Å²) in [6, 6.07) is 2.21. The van der Waals surface area contributed by atoms with Crippen molar-refractivity contribution in [2.24, 2.45) is 7.05 Å². The van der Waals surface area contributed by atoms with E-state index in [9.17, 15) is 14.0 Å². The number of hydrogen-bond donors (Lipinski definition) is 0. The highest BCUT2D eigenvalue weighted by Gasteiger charge is 2.17. The standard InChI is InChI=1S/C15H16ClFN4O3S/c1-4-20(5-2)15(25)24-12-7-11(10(17)6-9(12)16)21-14(23)19(3)13(22)8-18-21/h6-8H,4-5H2,1-3H3. The fraction of sp³-hybridized carbons (Fsp3) is 0.333. The molecule has 7 nitrogen and oxygen atoms in total. The Kier molecular flexibility index (Phi) is 5.91. The number of aromatic nitrogens is 3. The summed E-state index contributed by atoms with van der Waals surface area (Å²) in [7, 11) is 1.27. The fourth-order valence-electron chi connectivity index (χ4n) is 2.04. The Labute approximate surface area is 153 Å². The summed E-state index contributed by atoms with van der Waals surface area (Å²) in [5.74, 6) is -0.711. The van der Waals surface area contributed by atoms with Gasteiger partial charge in [0.1, 0.15) is 11.9 Å². The van der Waals surface area contributed by atoms with E-state index in [1.807, 2.05) is 13.8 Å². The number of halogens is 2. The van der Waals surface area contributed by atoms with E-state index in [-0.39, 0.29) is 21.6 Å². The molecule has 2 rings (SSSR count). The van der Waals surface area contributed by atoms with Crippen LogP contribution in [0.25, 0.3) is 5.69 Å². The van der Waals surface area contributed by atoms with Gasteiger partial charge >= 0.3 is 5.69 Å². The molecule has 0 saturated carbocycles. The summed E-state index contributed by atoms with van der Waals surface area (Å²) < 4.78 is 21.4. The fourth-order valence-corrected chi connectivity index (χ4v) is 2.58. The molecule has 0 atom stereocenters. The monoisotopic (exact) mass is 386 g/mol. The molecule has 10 heteroatoms. The average Bonchev–Trinajstić information content (AvgIpc) is 2.57. The Hall–Kier alpha value is -2.26. The first kappa shape index (κ1) is 19.1. The molecule has 0 amide bonds. The van der Waals surface area contributed by atoms with Crippen LogP contribution in [-0.2, 0) is 7.05 Å². The summed E-state index contributed by atoms with van der Waals surface area (Å²) in [5.41, 5.74) is -1.61. The van der Waals surface area contributed by atoms with Gasteiger partial charge in [-0.05, 0) is 32.1 Å². The molecule has 0 aliphatic rings. The van der Waals surface area contributed by atoms with Gasteiger partial charge in [-0.15, -0.1) is 0 Å². The highest BCUT2D eigenvalue weighted by Crippen LogP contribution is 2.29. The van der Waals surface area contributed by atoms with Crippen LogP contribution in [0.1, 0.15) is 13.8 Å². The van der Waals surface area contributed by atoms with E-state index < -0.39 is 17.1 Å². The van der Waals surface area contributed by atoms with Crippen molar-refractivity contribution in [3.8, 4) is 11.4 Å². The number of nitrogens with zero attached hydrogens (tertiary/aromatic N) is 4. The first-order chi connectivity index (χ1) is 11.8. The van der Waals surface area contributed by atoms with Gasteiger partial charge in [-0.2, -0.15) is 9.78 Å². The quantitative estimate of drug-likeness (QED) is 0.745. The number of hydrogen-bond acceptors (Lipinski definition) is 5. The first-order valence-electron chi connectivity index (χ1n) is 7.41. The number of rotatable bonds is 4. The van der Waals surface area contributed by atoms with Crippen molar-refractivity contribution in [1.29, 1.82) is 0 Å². The molecule has 0 radical (unpaired) electrons. The van der Waals surface area contributed by atoms with Gasteiger partial charge in [0.2, 0.25) is 0 Å². The van der Waals surface area contributed by atoms with Crippen LogP contribution in [-0.4, -0.2) is 37.5 Å². The third-order valence-electron chi connectivity index (χ3n) is 3.53. The zero-order valence-corrected chi connectivity index (χ0v) is 15.4. The van der Waals surface area contributed by atoms with Crippen LogP contribution >= 0.6 is 23.8 Å². The van der Waals surface area contributed by atoms with Gasteiger partial charge in [0.05, 0.1) is 5.02 Å².